The van der Waals surface area contributed by atoms with Crippen LogP contribution in [-0.2, 0) is 0 Å². The third-order valence-electron chi connectivity index (χ3n) is 5.74. The average molecular weight is 436 g/mol. The van der Waals surface area contributed by atoms with E-state index >= 15 is 0 Å². The van der Waals surface area contributed by atoms with E-state index in [-0.39, 0.29) is 33.0 Å². The minimum Gasteiger partial charge on any atom is -0.395 e. The lowest BCUT2D eigenvalue weighted by Crippen LogP contribution is -2.44. The van der Waals surface area contributed by atoms with Crippen LogP contribution in [0.5, 0.6) is 0 Å². The molecule has 30 heavy (non-hydrogen) atoms. The van der Waals surface area contributed by atoms with Crippen LogP contribution < -0.4 is 0 Å². The van der Waals surface area contributed by atoms with Gasteiger partial charge in [0.25, 0.3) is 0 Å². The summed E-state index contributed by atoms with van der Waals surface area (Å²) < 4.78 is 0. The molecular weight excluding hydrogens is 390 g/mol. The van der Waals surface area contributed by atoms with Gasteiger partial charge in [-0.2, -0.15) is 0 Å². The summed E-state index contributed by atoms with van der Waals surface area (Å²) in [6, 6.07) is 0. The van der Waals surface area contributed by atoms with Gasteiger partial charge in [0.15, 0.2) is 0 Å². The average Bonchev–Trinajstić information content (AvgIpc) is 2.74. The van der Waals surface area contributed by atoms with Gasteiger partial charge in [-0.3, -0.25) is 24.5 Å². The van der Waals surface area contributed by atoms with Gasteiger partial charge in [0, 0.05) is 98.2 Å². The Morgan fingerprint density at radius 2 is 0.433 bits per heavy atom. The summed E-state index contributed by atoms with van der Waals surface area (Å²) in [6.45, 7) is 11.6. The zero-order valence-electron chi connectivity index (χ0n) is 18.6. The maximum absolute atomic E-state index is 9.44. The molecule has 0 aromatic heterocycles. The van der Waals surface area contributed by atoms with Crippen LogP contribution >= 0.6 is 0 Å². The number of rotatable bonds is 10. The molecule has 10 nitrogen and oxygen atoms in total. The lowest BCUT2D eigenvalue weighted by atomic mass is 10.3. The van der Waals surface area contributed by atoms with E-state index in [0.29, 0.717) is 32.7 Å². The number of hydrogen-bond acceptors (Lipinski definition) is 10. The molecule has 1 aliphatic rings. The van der Waals surface area contributed by atoms with Crippen molar-refractivity contribution in [1.82, 2.24) is 24.5 Å². The molecule has 0 aromatic carbocycles. The van der Waals surface area contributed by atoms with Gasteiger partial charge in [0.05, 0.1) is 33.0 Å². The van der Waals surface area contributed by atoms with E-state index < -0.39 is 0 Å². The summed E-state index contributed by atoms with van der Waals surface area (Å²) in [5.74, 6) is 0. The van der Waals surface area contributed by atoms with E-state index in [1.165, 1.54) is 0 Å². The van der Waals surface area contributed by atoms with Crippen molar-refractivity contribution in [2.24, 2.45) is 0 Å². The Morgan fingerprint density at radius 3 is 0.533 bits per heavy atom. The van der Waals surface area contributed by atoms with Gasteiger partial charge in [-0.15, -0.1) is 0 Å². The fraction of sp³-hybridized carbons (Fsp3) is 1.00. The van der Waals surface area contributed by atoms with Crippen LogP contribution in [0.3, 0.4) is 0 Å². The van der Waals surface area contributed by atoms with Gasteiger partial charge in [0.1, 0.15) is 0 Å². The van der Waals surface area contributed by atoms with Crippen LogP contribution in [-0.4, -0.2) is 181 Å². The Kier molecular flexibility index (Phi) is 16.8. The second-order valence-electron chi connectivity index (χ2n) is 7.83. The maximum atomic E-state index is 9.44. The van der Waals surface area contributed by atoms with Crippen molar-refractivity contribution in [2.45, 2.75) is 0 Å². The summed E-state index contributed by atoms with van der Waals surface area (Å²) in [4.78, 5) is 11.1. The third kappa shape index (κ3) is 12.5. The maximum Gasteiger partial charge on any atom is 0.0558 e. The van der Waals surface area contributed by atoms with Crippen LogP contribution in [0.25, 0.3) is 0 Å². The molecule has 5 N–H and O–H groups in total. The number of β-amino-alcohol motifs (C(OH)–C–C–N with tert-alkyl or cyclic N) is 5. The molecule has 0 radical (unpaired) electrons. The van der Waals surface area contributed by atoms with Crippen molar-refractivity contribution < 1.29 is 25.5 Å². The Labute approximate surface area is 181 Å². The van der Waals surface area contributed by atoms with Gasteiger partial charge in [-0.1, -0.05) is 0 Å². The summed E-state index contributed by atoms with van der Waals surface area (Å²) >= 11 is 0. The van der Waals surface area contributed by atoms with E-state index in [9.17, 15) is 25.5 Å². The van der Waals surface area contributed by atoms with E-state index in [1.54, 1.807) is 0 Å². The Hall–Kier alpha value is -0.400. The van der Waals surface area contributed by atoms with E-state index in [4.69, 9.17) is 0 Å². The smallest absolute Gasteiger partial charge is 0.0558 e. The number of aliphatic hydroxyl groups is 5. The summed E-state index contributed by atoms with van der Waals surface area (Å²) in [5.41, 5.74) is 0. The molecule has 0 aromatic rings. The molecule has 180 valence electrons. The Balaban J connectivity index is 2.87. The molecule has 0 spiro atoms. The fourth-order valence-electron chi connectivity index (χ4n) is 3.80. The summed E-state index contributed by atoms with van der Waals surface area (Å²) in [6.07, 6.45) is 0. The van der Waals surface area contributed by atoms with Gasteiger partial charge >= 0.3 is 0 Å². The first-order chi connectivity index (χ1) is 14.7. The van der Waals surface area contributed by atoms with Crippen molar-refractivity contribution in [3.05, 3.63) is 0 Å². The largest absolute Gasteiger partial charge is 0.395 e. The zero-order chi connectivity index (χ0) is 22.0. The molecule has 1 rings (SSSR count). The third-order valence-corrected chi connectivity index (χ3v) is 5.74. The quantitative estimate of drug-likeness (QED) is 0.236. The minimum atomic E-state index is 0.106. The normalized spacial score (nSPS) is 21.5. The molecule has 0 atom stereocenters. The SMILES string of the molecule is OCCN1CCN(CCO)CCN(CCO)CCN(CCO)CCN(CCO)CC1. The van der Waals surface area contributed by atoms with Crippen LogP contribution in [0.4, 0.5) is 0 Å². The minimum absolute atomic E-state index is 0.106. The van der Waals surface area contributed by atoms with Crippen molar-refractivity contribution in [3.63, 3.8) is 0 Å². The highest BCUT2D eigenvalue weighted by atomic mass is 16.3. The van der Waals surface area contributed by atoms with Crippen molar-refractivity contribution in [2.75, 3.05) is 131 Å². The van der Waals surface area contributed by atoms with E-state index in [1.807, 2.05) is 0 Å². The van der Waals surface area contributed by atoms with Crippen molar-refractivity contribution in [3.8, 4) is 0 Å². The molecule has 0 amide bonds. The first-order valence-electron chi connectivity index (χ1n) is 11.3. The van der Waals surface area contributed by atoms with Gasteiger partial charge in [-0.25, -0.2) is 0 Å². The molecule has 1 saturated heterocycles. The molecule has 1 fully saturated rings. The first kappa shape index (κ1) is 27.6. The predicted octanol–water partition coefficient (Wildman–Crippen LogP) is -3.53. The Bertz CT molecular complexity index is 295. The molecule has 1 heterocycles. The molecule has 0 aliphatic carbocycles. The van der Waals surface area contributed by atoms with Gasteiger partial charge in [-0.05, 0) is 0 Å². The number of nitrogens with zero attached hydrogens (tertiary/aromatic N) is 5. The lowest BCUT2D eigenvalue weighted by Gasteiger charge is -2.30. The molecule has 0 saturated carbocycles. The highest BCUT2D eigenvalue weighted by Crippen LogP contribution is 2.01. The van der Waals surface area contributed by atoms with Crippen LogP contribution in [0.1, 0.15) is 0 Å². The van der Waals surface area contributed by atoms with Crippen molar-refractivity contribution in [1.29, 1.82) is 0 Å². The van der Waals surface area contributed by atoms with E-state index in [0.717, 1.165) is 65.4 Å². The predicted molar refractivity (Wildman–Crippen MR) is 118 cm³/mol. The highest BCUT2D eigenvalue weighted by Gasteiger charge is 2.16. The van der Waals surface area contributed by atoms with Crippen LogP contribution in [0.2, 0.25) is 0 Å². The zero-order valence-corrected chi connectivity index (χ0v) is 18.6. The van der Waals surface area contributed by atoms with Crippen molar-refractivity contribution >= 4 is 0 Å². The molecule has 10 heteroatoms. The second-order valence-corrected chi connectivity index (χ2v) is 7.83. The van der Waals surface area contributed by atoms with Crippen LogP contribution in [0.15, 0.2) is 0 Å². The van der Waals surface area contributed by atoms with Gasteiger partial charge < -0.3 is 25.5 Å². The molecular formula is C20H45N5O5. The fourth-order valence-corrected chi connectivity index (χ4v) is 3.80. The monoisotopic (exact) mass is 435 g/mol. The van der Waals surface area contributed by atoms with E-state index in [2.05, 4.69) is 24.5 Å². The molecule has 1 aliphatic heterocycles. The topological polar surface area (TPSA) is 117 Å². The number of hydrogen-bond donors (Lipinski definition) is 5. The molecule has 0 bridgehead atoms. The summed E-state index contributed by atoms with van der Waals surface area (Å²) in [5, 5.41) is 47.2. The first-order valence-corrected chi connectivity index (χ1v) is 11.3. The lowest BCUT2D eigenvalue weighted by molar-refractivity contribution is 0.123. The Morgan fingerprint density at radius 1 is 0.300 bits per heavy atom. The second kappa shape index (κ2) is 18.2. The van der Waals surface area contributed by atoms with Crippen LogP contribution in [0, 0.1) is 0 Å². The highest BCUT2D eigenvalue weighted by molar-refractivity contribution is 4.72. The standard InChI is InChI=1S/C20H45N5O5/c26-16-11-21-1-2-22(12-17-27)5-6-24(14-19-29)9-10-25(15-20-30)8-7-23(4-3-21)13-18-28/h26-30H,1-20H2. The van der Waals surface area contributed by atoms with Gasteiger partial charge in [0.2, 0.25) is 0 Å². The number of aliphatic hydroxyl groups excluding tert-OH is 5. The summed E-state index contributed by atoms with van der Waals surface area (Å²) in [7, 11) is 0. The molecule has 0 unspecified atom stereocenters.